The molecule has 0 unspecified atom stereocenters. The van der Waals surface area contributed by atoms with Gasteiger partial charge in [0.15, 0.2) is 5.78 Å². The van der Waals surface area contributed by atoms with Crippen molar-refractivity contribution in [2.75, 3.05) is 7.11 Å². The molecule has 0 fully saturated rings. The van der Waals surface area contributed by atoms with Gasteiger partial charge in [0, 0.05) is 6.20 Å². The number of Topliss-reactive ketones (excluding diaryl/α,β-unsaturated/α-hetero) is 1. The first-order valence-electron chi connectivity index (χ1n) is 4.45. The van der Waals surface area contributed by atoms with Crippen LogP contribution >= 0.6 is 0 Å². The second-order valence-corrected chi connectivity index (χ2v) is 3.09. The lowest BCUT2D eigenvalue weighted by atomic mass is 10.1. The third kappa shape index (κ3) is 2.83. The van der Waals surface area contributed by atoms with Crippen molar-refractivity contribution in [1.82, 2.24) is 9.97 Å². The Balaban J connectivity index is 2.87. The van der Waals surface area contributed by atoms with E-state index in [1.54, 1.807) is 13.8 Å². The van der Waals surface area contributed by atoms with E-state index >= 15 is 0 Å². The number of ether oxygens (including phenoxy) is 1. The fourth-order valence-corrected chi connectivity index (χ4v) is 1.16. The highest BCUT2D eigenvalue weighted by atomic mass is 16.5. The number of carbonyl (C=O) groups excluding carboxylic acids is 2. The second-order valence-electron chi connectivity index (χ2n) is 3.09. The molecule has 0 aliphatic carbocycles. The van der Waals surface area contributed by atoms with Crippen molar-refractivity contribution in [2.24, 2.45) is 0 Å². The molecule has 0 saturated carbocycles. The number of nitrogens with zero attached hydrogens (tertiary/aromatic N) is 2. The quantitative estimate of drug-likeness (QED) is 0.418. The first-order chi connectivity index (χ1) is 7.04. The maximum Gasteiger partial charge on any atom is 0.313 e. The molecular weight excluding hydrogens is 196 g/mol. The highest BCUT2D eigenvalue weighted by Crippen LogP contribution is 2.07. The molecule has 0 aliphatic heterocycles. The van der Waals surface area contributed by atoms with Crippen LogP contribution in [0.25, 0.3) is 0 Å². The van der Waals surface area contributed by atoms with E-state index in [0.717, 1.165) is 0 Å². The predicted molar refractivity (Wildman–Crippen MR) is 52.5 cm³/mol. The average Bonchev–Trinajstić information content (AvgIpc) is 2.17. The highest BCUT2D eigenvalue weighted by molar-refractivity contribution is 6.06. The van der Waals surface area contributed by atoms with Crippen LogP contribution in [0.4, 0.5) is 0 Å². The van der Waals surface area contributed by atoms with Gasteiger partial charge in [-0.1, -0.05) is 0 Å². The van der Waals surface area contributed by atoms with Crippen LogP contribution in [0.1, 0.15) is 28.3 Å². The normalized spacial score (nSPS) is 9.80. The van der Waals surface area contributed by atoms with Gasteiger partial charge in [-0.05, 0) is 13.8 Å². The molecule has 5 heteroatoms. The monoisotopic (exact) mass is 208 g/mol. The molecule has 0 amide bonds. The number of hydrogen-bond donors (Lipinski definition) is 0. The van der Waals surface area contributed by atoms with Crippen molar-refractivity contribution < 1.29 is 14.3 Å². The topological polar surface area (TPSA) is 69.2 Å². The smallest absolute Gasteiger partial charge is 0.313 e. The van der Waals surface area contributed by atoms with Crippen LogP contribution < -0.4 is 0 Å². The van der Waals surface area contributed by atoms with Crippen molar-refractivity contribution in [3.05, 3.63) is 23.3 Å². The summed E-state index contributed by atoms with van der Waals surface area (Å²) >= 11 is 0. The van der Waals surface area contributed by atoms with Crippen LogP contribution in [0.5, 0.6) is 0 Å². The number of carbonyl (C=O) groups is 2. The summed E-state index contributed by atoms with van der Waals surface area (Å²) in [6.45, 7) is 3.45. The number of esters is 1. The van der Waals surface area contributed by atoms with Gasteiger partial charge in [0.1, 0.15) is 12.2 Å². The number of ketones is 1. The molecule has 1 aromatic heterocycles. The van der Waals surface area contributed by atoms with E-state index in [-0.39, 0.29) is 12.2 Å². The first kappa shape index (κ1) is 11.3. The maximum absolute atomic E-state index is 11.6. The largest absolute Gasteiger partial charge is 0.469 e. The van der Waals surface area contributed by atoms with Crippen LogP contribution in [-0.2, 0) is 9.53 Å². The highest BCUT2D eigenvalue weighted by Gasteiger charge is 2.15. The third-order valence-corrected chi connectivity index (χ3v) is 1.93. The zero-order valence-electron chi connectivity index (χ0n) is 8.90. The second kappa shape index (κ2) is 4.63. The van der Waals surface area contributed by atoms with Gasteiger partial charge in [-0.3, -0.25) is 9.59 Å². The van der Waals surface area contributed by atoms with Crippen molar-refractivity contribution in [3.8, 4) is 0 Å². The third-order valence-electron chi connectivity index (χ3n) is 1.93. The van der Waals surface area contributed by atoms with Crippen molar-refractivity contribution >= 4 is 11.8 Å². The van der Waals surface area contributed by atoms with E-state index in [1.165, 1.54) is 13.3 Å². The predicted octanol–water partition coefficient (Wildman–Crippen LogP) is 0.839. The Kier molecular flexibility index (Phi) is 3.49. The summed E-state index contributed by atoms with van der Waals surface area (Å²) in [5.74, 6) is -0.276. The van der Waals surface area contributed by atoms with Gasteiger partial charge in [-0.25, -0.2) is 9.97 Å². The van der Waals surface area contributed by atoms with Crippen molar-refractivity contribution in [3.63, 3.8) is 0 Å². The van der Waals surface area contributed by atoms with E-state index in [0.29, 0.717) is 17.1 Å². The number of aryl methyl sites for hydroxylation is 2. The fourth-order valence-electron chi connectivity index (χ4n) is 1.16. The lowest BCUT2D eigenvalue weighted by molar-refractivity contribution is -0.139. The summed E-state index contributed by atoms with van der Waals surface area (Å²) in [6, 6.07) is 0. The van der Waals surface area contributed by atoms with Crippen molar-refractivity contribution in [1.29, 1.82) is 0 Å². The van der Waals surface area contributed by atoms with Gasteiger partial charge >= 0.3 is 5.97 Å². The molecule has 0 atom stereocenters. The van der Waals surface area contributed by atoms with E-state index in [1.807, 2.05) is 0 Å². The number of hydrogen-bond acceptors (Lipinski definition) is 5. The first-order valence-corrected chi connectivity index (χ1v) is 4.45. The van der Waals surface area contributed by atoms with E-state index in [9.17, 15) is 9.59 Å². The van der Waals surface area contributed by atoms with Gasteiger partial charge in [0.25, 0.3) is 0 Å². The molecule has 0 radical (unpaired) electrons. The molecule has 0 aromatic carbocycles. The Morgan fingerprint density at radius 2 is 2.07 bits per heavy atom. The molecule has 0 bridgehead atoms. The molecule has 0 saturated heterocycles. The van der Waals surface area contributed by atoms with Crippen LogP contribution in [0.15, 0.2) is 6.20 Å². The van der Waals surface area contributed by atoms with E-state index in [2.05, 4.69) is 14.7 Å². The summed E-state index contributed by atoms with van der Waals surface area (Å²) < 4.78 is 4.41. The van der Waals surface area contributed by atoms with Gasteiger partial charge in [0.2, 0.25) is 0 Å². The van der Waals surface area contributed by atoms with Crippen LogP contribution in [-0.4, -0.2) is 28.8 Å². The number of rotatable bonds is 3. The van der Waals surface area contributed by atoms with Crippen molar-refractivity contribution in [2.45, 2.75) is 20.3 Å². The number of methoxy groups -OCH3 is 1. The summed E-state index contributed by atoms with van der Waals surface area (Å²) in [6.07, 6.45) is 1.16. The molecule has 5 nitrogen and oxygen atoms in total. The van der Waals surface area contributed by atoms with E-state index in [4.69, 9.17) is 0 Å². The zero-order valence-corrected chi connectivity index (χ0v) is 8.90. The SMILES string of the molecule is COC(=O)CC(=O)c1cnc(C)nc1C. The molecule has 15 heavy (non-hydrogen) atoms. The van der Waals surface area contributed by atoms with E-state index < -0.39 is 5.97 Å². The van der Waals surface area contributed by atoms with Gasteiger partial charge in [-0.15, -0.1) is 0 Å². The Morgan fingerprint density at radius 1 is 1.40 bits per heavy atom. The molecule has 80 valence electrons. The zero-order chi connectivity index (χ0) is 11.4. The summed E-state index contributed by atoms with van der Waals surface area (Å²) in [4.78, 5) is 30.4. The maximum atomic E-state index is 11.6. The van der Waals surface area contributed by atoms with Gasteiger partial charge in [0.05, 0.1) is 18.4 Å². The summed E-state index contributed by atoms with van der Waals surface area (Å²) in [5.41, 5.74) is 0.947. The average molecular weight is 208 g/mol. The van der Waals surface area contributed by atoms with Crippen LogP contribution in [0.2, 0.25) is 0 Å². The minimum Gasteiger partial charge on any atom is -0.469 e. The van der Waals surface area contributed by atoms with Crippen LogP contribution in [0.3, 0.4) is 0 Å². The van der Waals surface area contributed by atoms with Gasteiger partial charge < -0.3 is 4.74 Å². The minimum atomic E-state index is -0.556. The molecule has 1 aromatic rings. The Hall–Kier alpha value is -1.78. The summed E-state index contributed by atoms with van der Waals surface area (Å²) in [7, 11) is 1.24. The molecular formula is C10H12N2O3. The Morgan fingerprint density at radius 3 is 2.60 bits per heavy atom. The lowest BCUT2D eigenvalue weighted by Gasteiger charge is -2.03. The Bertz CT molecular complexity index is 402. The lowest BCUT2D eigenvalue weighted by Crippen LogP contribution is -2.12. The Labute approximate surface area is 87.5 Å². The number of aromatic nitrogens is 2. The summed E-state index contributed by atoms with van der Waals surface area (Å²) in [5, 5.41) is 0. The molecule has 0 N–H and O–H groups in total. The fraction of sp³-hybridized carbons (Fsp3) is 0.400. The molecule has 0 aliphatic rings. The molecule has 1 rings (SSSR count). The standard InChI is InChI=1S/C10H12N2O3/c1-6-8(5-11-7(2)12-6)9(13)4-10(14)15-3/h5H,4H2,1-3H3. The van der Waals surface area contributed by atoms with Gasteiger partial charge in [-0.2, -0.15) is 0 Å². The van der Waals surface area contributed by atoms with Crippen LogP contribution in [0, 0.1) is 13.8 Å². The molecule has 0 spiro atoms. The minimum absolute atomic E-state index is 0.274. The molecule has 1 heterocycles.